The fourth-order valence-electron chi connectivity index (χ4n) is 3.48. The van der Waals surface area contributed by atoms with Crippen molar-refractivity contribution in [1.82, 2.24) is 9.80 Å². The van der Waals surface area contributed by atoms with Crippen LogP contribution < -0.4 is 0 Å². The van der Waals surface area contributed by atoms with E-state index in [9.17, 15) is 0 Å². The average molecular weight is 324 g/mol. The van der Waals surface area contributed by atoms with Gasteiger partial charge in [-0.15, -0.1) is 0 Å². The first-order valence-electron chi connectivity index (χ1n) is 8.91. The Labute approximate surface area is 145 Å². The van der Waals surface area contributed by atoms with Crippen LogP contribution >= 0.6 is 0 Å². The molecular weight excluding hydrogens is 296 g/mol. The summed E-state index contributed by atoms with van der Waals surface area (Å²) in [5.74, 6) is 0. The van der Waals surface area contributed by atoms with E-state index in [1.165, 1.54) is 11.1 Å². The summed E-state index contributed by atoms with van der Waals surface area (Å²) in [6.07, 6.45) is 1.14. The van der Waals surface area contributed by atoms with Crippen LogP contribution in [0.3, 0.4) is 0 Å². The second kappa shape index (κ2) is 8.97. The third-order valence-corrected chi connectivity index (χ3v) is 4.92. The van der Waals surface area contributed by atoms with E-state index < -0.39 is 0 Å². The van der Waals surface area contributed by atoms with Gasteiger partial charge in [0.15, 0.2) is 0 Å². The number of hydrogen-bond donors (Lipinski definition) is 0. The quantitative estimate of drug-likeness (QED) is 0.778. The lowest BCUT2D eigenvalue weighted by atomic mass is 10.0. The van der Waals surface area contributed by atoms with Crippen molar-refractivity contribution >= 4 is 0 Å². The van der Waals surface area contributed by atoms with Crippen LogP contribution in [0.5, 0.6) is 0 Å². The largest absolute Gasteiger partial charge is 0.383 e. The molecule has 0 aliphatic carbocycles. The Hall–Kier alpha value is -1.68. The second-order valence-corrected chi connectivity index (χ2v) is 6.50. The molecule has 3 rings (SSSR count). The van der Waals surface area contributed by atoms with Gasteiger partial charge in [0.2, 0.25) is 0 Å². The van der Waals surface area contributed by atoms with Crippen LogP contribution in [0.1, 0.15) is 17.2 Å². The Kier molecular flexibility index (Phi) is 6.41. The number of piperazine rings is 1. The Morgan fingerprint density at radius 3 is 2.12 bits per heavy atom. The molecule has 0 amide bonds. The van der Waals surface area contributed by atoms with E-state index in [0.717, 1.165) is 45.8 Å². The van der Waals surface area contributed by atoms with Gasteiger partial charge in [-0.25, -0.2) is 0 Å². The molecule has 2 aromatic carbocycles. The molecule has 0 saturated carbocycles. The highest BCUT2D eigenvalue weighted by Gasteiger charge is 2.24. The Bertz CT molecular complexity index is 579. The monoisotopic (exact) mass is 324 g/mol. The molecule has 1 fully saturated rings. The molecule has 0 bridgehead atoms. The summed E-state index contributed by atoms with van der Waals surface area (Å²) >= 11 is 0. The molecule has 0 N–H and O–H groups in total. The topological polar surface area (TPSA) is 15.7 Å². The van der Waals surface area contributed by atoms with E-state index >= 15 is 0 Å². The van der Waals surface area contributed by atoms with Gasteiger partial charge in [0.1, 0.15) is 0 Å². The molecule has 0 radical (unpaired) electrons. The maximum absolute atomic E-state index is 5.49. The van der Waals surface area contributed by atoms with E-state index in [4.69, 9.17) is 4.74 Å². The molecule has 1 saturated heterocycles. The number of ether oxygens (including phenoxy) is 1. The highest BCUT2D eigenvalue weighted by Crippen LogP contribution is 2.22. The average Bonchev–Trinajstić information content (AvgIpc) is 2.66. The van der Waals surface area contributed by atoms with Crippen molar-refractivity contribution in [1.29, 1.82) is 0 Å². The zero-order chi connectivity index (χ0) is 16.6. The van der Waals surface area contributed by atoms with Gasteiger partial charge in [-0.3, -0.25) is 4.90 Å². The van der Waals surface area contributed by atoms with Crippen LogP contribution in [0.25, 0.3) is 0 Å². The zero-order valence-corrected chi connectivity index (χ0v) is 14.6. The second-order valence-electron chi connectivity index (χ2n) is 6.50. The van der Waals surface area contributed by atoms with Crippen molar-refractivity contribution < 1.29 is 4.74 Å². The van der Waals surface area contributed by atoms with Crippen LogP contribution in [0.15, 0.2) is 60.7 Å². The summed E-state index contributed by atoms with van der Waals surface area (Å²) in [6, 6.07) is 21.9. The van der Waals surface area contributed by atoms with Gasteiger partial charge in [0.05, 0.1) is 12.6 Å². The van der Waals surface area contributed by atoms with Crippen LogP contribution in [0.2, 0.25) is 0 Å². The standard InChI is InChI=1S/C21H28N2O/c1-24-18-21(20-10-6-3-7-11-20)23-16-14-22(15-17-23)13-12-19-8-4-2-5-9-19/h2-11,21H,12-18H2,1H3. The van der Waals surface area contributed by atoms with Crippen LogP contribution in [-0.2, 0) is 11.2 Å². The Morgan fingerprint density at radius 1 is 0.875 bits per heavy atom. The molecular formula is C21H28N2O. The van der Waals surface area contributed by atoms with Crippen molar-refractivity contribution in [3.05, 3.63) is 71.8 Å². The SMILES string of the molecule is COCC(c1ccccc1)N1CCN(CCc2ccccc2)CC1. The first-order valence-corrected chi connectivity index (χ1v) is 8.91. The highest BCUT2D eigenvalue weighted by molar-refractivity contribution is 5.19. The Morgan fingerprint density at radius 2 is 1.50 bits per heavy atom. The third-order valence-electron chi connectivity index (χ3n) is 4.92. The summed E-state index contributed by atoms with van der Waals surface area (Å²) in [4.78, 5) is 5.15. The first-order chi connectivity index (χ1) is 11.9. The van der Waals surface area contributed by atoms with E-state index in [1.807, 2.05) is 0 Å². The van der Waals surface area contributed by atoms with Gasteiger partial charge in [0.25, 0.3) is 0 Å². The minimum atomic E-state index is 0.368. The molecule has 1 unspecified atom stereocenters. The van der Waals surface area contributed by atoms with Crippen LogP contribution in [0, 0.1) is 0 Å². The number of methoxy groups -OCH3 is 1. The smallest absolute Gasteiger partial charge is 0.0659 e. The summed E-state index contributed by atoms with van der Waals surface area (Å²) in [5, 5.41) is 0. The van der Waals surface area contributed by atoms with Gasteiger partial charge in [-0.1, -0.05) is 60.7 Å². The fourth-order valence-corrected chi connectivity index (χ4v) is 3.48. The normalized spacial score (nSPS) is 17.7. The molecule has 0 aromatic heterocycles. The highest BCUT2D eigenvalue weighted by atomic mass is 16.5. The van der Waals surface area contributed by atoms with E-state index in [-0.39, 0.29) is 0 Å². The molecule has 3 nitrogen and oxygen atoms in total. The number of hydrogen-bond acceptors (Lipinski definition) is 3. The predicted octanol–water partition coefficient (Wildman–Crippen LogP) is 3.23. The Balaban J connectivity index is 1.51. The molecule has 1 aliphatic heterocycles. The predicted molar refractivity (Wildman–Crippen MR) is 99.2 cm³/mol. The lowest BCUT2D eigenvalue weighted by Crippen LogP contribution is -2.48. The van der Waals surface area contributed by atoms with E-state index in [1.54, 1.807) is 7.11 Å². The lowest BCUT2D eigenvalue weighted by Gasteiger charge is -2.39. The molecule has 1 heterocycles. The number of benzene rings is 2. The van der Waals surface area contributed by atoms with Crippen LogP contribution in [0.4, 0.5) is 0 Å². The zero-order valence-electron chi connectivity index (χ0n) is 14.6. The van der Waals surface area contributed by atoms with E-state index in [2.05, 4.69) is 70.5 Å². The van der Waals surface area contributed by atoms with Crippen molar-refractivity contribution in [2.75, 3.05) is 46.4 Å². The van der Waals surface area contributed by atoms with Gasteiger partial charge < -0.3 is 9.64 Å². The summed E-state index contributed by atoms with van der Waals surface area (Å²) < 4.78 is 5.49. The van der Waals surface area contributed by atoms with Crippen molar-refractivity contribution in [3.63, 3.8) is 0 Å². The van der Waals surface area contributed by atoms with E-state index in [0.29, 0.717) is 6.04 Å². The molecule has 2 aromatic rings. The van der Waals surface area contributed by atoms with Crippen molar-refractivity contribution in [2.45, 2.75) is 12.5 Å². The van der Waals surface area contributed by atoms with Gasteiger partial charge in [-0.05, 0) is 17.5 Å². The van der Waals surface area contributed by atoms with Gasteiger partial charge in [0, 0.05) is 39.8 Å². The third kappa shape index (κ3) is 4.67. The summed E-state index contributed by atoms with van der Waals surface area (Å²) in [5.41, 5.74) is 2.79. The number of nitrogens with zero attached hydrogens (tertiary/aromatic N) is 2. The van der Waals surface area contributed by atoms with Crippen LogP contribution in [-0.4, -0.2) is 56.2 Å². The first kappa shape index (κ1) is 17.2. The maximum Gasteiger partial charge on any atom is 0.0659 e. The van der Waals surface area contributed by atoms with Crippen molar-refractivity contribution in [2.24, 2.45) is 0 Å². The summed E-state index contributed by atoms with van der Waals surface area (Å²) in [7, 11) is 1.80. The van der Waals surface area contributed by atoms with Crippen molar-refractivity contribution in [3.8, 4) is 0 Å². The molecule has 1 atom stereocenters. The molecule has 24 heavy (non-hydrogen) atoms. The molecule has 128 valence electrons. The maximum atomic E-state index is 5.49. The molecule has 0 spiro atoms. The minimum absolute atomic E-state index is 0.368. The number of rotatable bonds is 7. The fraction of sp³-hybridized carbons (Fsp3) is 0.429. The van der Waals surface area contributed by atoms with Gasteiger partial charge in [-0.2, -0.15) is 0 Å². The summed E-state index contributed by atoms with van der Waals surface area (Å²) in [6.45, 7) is 6.40. The minimum Gasteiger partial charge on any atom is -0.383 e. The van der Waals surface area contributed by atoms with Gasteiger partial charge >= 0.3 is 0 Å². The molecule has 1 aliphatic rings. The molecule has 3 heteroatoms. The lowest BCUT2D eigenvalue weighted by molar-refractivity contribution is 0.0493.